The van der Waals surface area contributed by atoms with E-state index < -0.39 is 5.69 Å². The van der Waals surface area contributed by atoms with Crippen molar-refractivity contribution in [3.8, 4) is 5.75 Å². The van der Waals surface area contributed by atoms with Crippen LogP contribution in [0.15, 0.2) is 33.9 Å². The van der Waals surface area contributed by atoms with Gasteiger partial charge in [-0.25, -0.2) is 4.79 Å². The Morgan fingerprint density at radius 1 is 1.17 bits per heavy atom. The highest BCUT2D eigenvalue weighted by atomic mass is 16.5. The average molecular weight is 329 g/mol. The first-order chi connectivity index (χ1) is 11.5. The van der Waals surface area contributed by atoms with E-state index in [4.69, 9.17) is 4.74 Å². The van der Waals surface area contributed by atoms with Crippen molar-refractivity contribution in [1.29, 1.82) is 0 Å². The molecule has 1 aliphatic heterocycles. The first-order valence-electron chi connectivity index (χ1n) is 8.29. The number of benzene rings is 1. The van der Waals surface area contributed by atoms with Crippen LogP contribution in [0.4, 0.5) is 0 Å². The number of H-pyrrole nitrogens is 2. The normalized spacial score (nSPS) is 16.2. The highest BCUT2D eigenvalue weighted by Gasteiger charge is 2.21. The van der Waals surface area contributed by atoms with Gasteiger partial charge < -0.3 is 9.72 Å². The van der Waals surface area contributed by atoms with Crippen LogP contribution in [0.5, 0.6) is 5.75 Å². The van der Waals surface area contributed by atoms with Crippen molar-refractivity contribution in [1.82, 2.24) is 14.9 Å². The van der Waals surface area contributed by atoms with Gasteiger partial charge in [-0.05, 0) is 43.9 Å². The minimum atomic E-state index is -0.453. The zero-order chi connectivity index (χ0) is 17.1. The molecule has 0 aliphatic carbocycles. The molecule has 1 aromatic heterocycles. The molecule has 1 saturated heterocycles. The van der Waals surface area contributed by atoms with Gasteiger partial charge in [0, 0.05) is 31.4 Å². The van der Waals surface area contributed by atoms with Crippen molar-refractivity contribution in [2.45, 2.75) is 39.3 Å². The molecule has 24 heavy (non-hydrogen) atoms. The van der Waals surface area contributed by atoms with Gasteiger partial charge in [-0.15, -0.1) is 0 Å². The number of nitrogens with one attached hydrogen (secondary N) is 2. The first kappa shape index (κ1) is 16.5. The molecule has 2 aromatic rings. The molecule has 2 N–H and O–H groups in total. The predicted molar refractivity (Wildman–Crippen MR) is 92.5 cm³/mol. The average Bonchev–Trinajstić information content (AvgIpc) is 2.53. The lowest BCUT2D eigenvalue weighted by Gasteiger charge is -2.32. The van der Waals surface area contributed by atoms with Crippen LogP contribution in [-0.2, 0) is 6.54 Å². The minimum absolute atomic E-state index is 0.208. The van der Waals surface area contributed by atoms with E-state index in [2.05, 4.69) is 34.8 Å². The van der Waals surface area contributed by atoms with E-state index in [0.29, 0.717) is 12.2 Å². The third-order valence-electron chi connectivity index (χ3n) is 4.59. The fourth-order valence-corrected chi connectivity index (χ4v) is 3.06. The zero-order valence-electron chi connectivity index (χ0n) is 14.1. The number of likely N-dealkylation sites (tertiary alicyclic amines) is 1. The van der Waals surface area contributed by atoms with Crippen LogP contribution in [0.3, 0.4) is 0 Å². The summed E-state index contributed by atoms with van der Waals surface area (Å²) in [7, 11) is 0. The van der Waals surface area contributed by atoms with Crippen molar-refractivity contribution in [3.05, 3.63) is 61.9 Å². The third kappa shape index (κ3) is 3.94. The number of aromatic amines is 2. The molecular weight excluding hydrogens is 306 g/mol. The molecule has 1 aromatic carbocycles. The van der Waals surface area contributed by atoms with Crippen LogP contribution >= 0.6 is 0 Å². The second-order valence-corrected chi connectivity index (χ2v) is 6.40. The van der Waals surface area contributed by atoms with Gasteiger partial charge in [0.05, 0.1) is 0 Å². The second-order valence-electron chi connectivity index (χ2n) is 6.40. The number of aromatic nitrogens is 2. The summed E-state index contributed by atoms with van der Waals surface area (Å²) in [6.45, 7) is 6.51. The maximum atomic E-state index is 11.4. The fourth-order valence-electron chi connectivity index (χ4n) is 3.06. The molecule has 0 bridgehead atoms. The topological polar surface area (TPSA) is 78.2 Å². The largest absolute Gasteiger partial charge is 0.490 e. The predicted octanol–water partition coefficient (Wildman–Crippen LogP) is 1.72. The monoisotopic (exact) mass is 329 g/mol. The SMILES string of the molecule is Cc1cccc(OC2CCN(Cc3cc(=O)[nH]c(=O)[nH]3)CC2)c1C. The number of hydrogen-bond acceptors (Lipinski definition) is 4. The van der Waals surface area contributed by atoms with Crippen molar-refractivity contribution in [3.63, 3.8) is 0 Å². The quantitative estimate of drug-likeness (QED) is 0.895. The van der Waals surface area contributed by atoms with Gasteiger partial charge in [0.15, 0.2) is 0 Å². The zero-order valence-corrected chi connectivity index (χ0v) is 14.1. The molecule has 6 heteroatoms. The lowest BCUT2D eigenvalue weighted by molar-refractivity contribution is 0.0954. The van der Waals surface area contributed by atoms with Gasteiger partial charge in [0.2, 0.25) is 0 Å². The maximum absolute atomic E-state index is 11.4. The molecule has 1 fully saturated rings. The Hall–Kier alpha value is -2.34. The Morgan fingerprint density at radius 2 is 1.92 bits per heavy atom. The van der Waals surface area contributed by atoms with E-state index in [-0.39, 0.29) is 11.7 Å². The van der Waals surface area contributed by atoms with Crippen LogP contribution in [0.2, 0.25) is 0 Å². The van der Waals surface area contributed by atoms with Gasteiger partial charge in [0.1, 0.15) is 11.9 Å². The van der Waals surface area contributed by atoms with Crippen molar-refractivity contribution < 1.29 is 4.74 Å². The number of ether oxygens (including phenoxy) is 1. The number of aryl methyl sites for hydroxylation is 1. The number of piperidine rings is 1. The smallest absolute Gasteiger partial charge is 0.325 e. The molecule has 0 unspecified atom stereocenters. The highest BCUT2D eigenvalue weighted by Crippen LogP contribution is 2.25. The van der Waals surface area contributed by atoms with Crippen LogP contribution < -0.4 is 16.0 Å². The molecular formula is C18H23N3O3. The van der Waals surface area contributed by atoms with E-state index in [0.717, 1.165) is 31.7 Å². The van der Waals surface area contributed by atoms with E-state index in [1.165, 1.54) is 17.2 Å². The lowest BCUT2D eigenvalue weighted by atomic mass is 10.1. The van der Waals surface area contributed by atoms with Crippen LogP contribution in [0.1, 0.15) is 29.7 Å². The standard InChI is InChI=1S/C18H23N3O3/c1-12-4-3-5-16(13(12)2)24-15-6-8-21(9-7-15)11-14-10-17(22)20-18(23)19-14/h3-5,10,15H,6-9,11H2,1-2H3,(H2,19,20,22,23). The maximum Gasteiger partial charge on any atom is 0.325 e. The molecule has 0 atom stereocenters. The molecule has 6 nitrogen and oxygen atoms in total. The molecule has 0 radical (unpaired) electrons. The molecule has 128 valence electrons. The molecule has 0 spiro atoms. The Kier molecular flexibility index (Phi) is 4.85. The Morgan fingerprint density at radius 3 is 2.62 bits per heavy atom. The van der Waals surface area contributed by atoms with Crippen molar-refractivity contribution >= 4 is 0 Å². The van der Waals surface area contributed by atoms with Crippen LogP contribution in [0.25, 0.3) is 0 Å². The summed E-state index contributed by atoms with van der Waals surface area (Å²) in [6.07, 6.45) is 2.07. The summed E-state index contributed by atoms with van der Waals surface area (Å²) in [6, 6.07) is 7.58. The summed E-state index contributed by atoms with van der Waals surface area (Å²) in [5.74, 6) is 0.965. The van der Waals surface area contributed by atoms with E-state index in [9.17, 15) is 9.59 Å². The van der Waals surface area contributed by atoms with E-state index >= 15 is 0 Å². The molecule has 0 amide bonds. The van der Waals surface area contributed by atoms with E-state index in [1.807, 2.05) is 12.1 Å². The van der Waals surface area contributed by atoms with Gasteiger partial charge in [-0.3, -0.25) is 14.7 Å². The van der Waals surface area contributed by atoms with Gasteiger partial charge in [0.25, 0.3) is 5.56 Å². The van der Waals surface area contributed by atoms with Gasteiger partial charge in [-0.1, -0.05) is 12.1 Å². The summed E-state index contributed by atoms with van der Waals surface area (Å²) >= 11 is 0. The summed E-state index contributed by atoms with van der Waals surface area (Å²) in [5, 5.41) is 0. The minimum Gasteiger partial charge on any atom is -0.490 e. The fraction of sp³-hybridized carbons (Fsp3) is 0.444. The number of nitrogens with zero attached hydrogens (tertiary/aromatic N) is 1. The van der Waals surface area contributed by atoms with Gasteiger partial charge in [-0.2, -0.15) is 0 Å². The Balaban J connectivity index is 1.57. The first-order valence-corrected chi connectivity index (χ1v) is 8.29. The Bertz CT molecular complexity index is 788. The van der Waals surface area contributed by atoms with Crippen LogP contribution in [0, 0.1) is 13.8 Å². The Labute approximate surface area is 140 Å². The second kappa shape index (κ2) is 7.05. The summed E-state index contributed by atoms with van der Waals surface area (Å²) in [4.78, 5) is 29.8. The van der Waals surface area contributed by atoms with Crippen molar-refractivity contribution in [2.24, 2.45) is 0 Å². The number of hydrogen-bond donors (Lipinski definition) is 2. The number of rotatable bonds is 4. The lowest BCUT2D eigenvalue weighted by Crippen LogP contribution is -2.38. The molecule has 0 saturated carbocycles. The molecule has 1 aliphatic rings. The molecule has 3 rings (SSSR count). The van der Waals surface area contributed by atoms with Gasteiger partial charge >= 0.3 is 5.69 Å². The third-order valence-corrected chi connectivity index (χ3v) is 4.59. The van der Waals surface area contributed by atoms with Crippen LogP contribution in [-0.4, -0.2) is 34.1 Å². The summed E-state index contributed by atoms with van der Waals surface area (Å²) in [5.41, 5.74) is 2.27. The molecule has 2 heterocycles. The van der Waals surface area contributed by atoms with Crippen molar-refractivity contribution in [2.75, 3.05) is 13.1 Å². The highest BCUT2D eigenvalue weighted by molar-refractivity contribution is 5.38. The summed E-state index contributed by atoms with van der Waals surface area (Å²) < 4.78 is 6.16. The van der Waals surface area contributed by atoms with E-state index in [1.54, 1.807) is 0 Å².